The molecule has 0 aromatic heterocycles. The lowest BCUT2D eigenvalue weighted by Crippen LogP contribution is -2.15. The predicted molar refractivity (Wildman–Crippen MR) is 136 cm³/mol. The van der Waals surface area contributed by atoms with Gasteiger partial charge in [-0.05, 0) is 73.1 Å². The first kappa shape index (κ1) is 25.3. The molecule has 2 aromatic carbocycles. The first-order valence-corrected chi connectivity index (χ1v) is 13.2. The van der Waals surface area contributed by atoms with E-state index in [9.17, 15) is 4.79 Å². The molecular weight excluding hydrogens is 408 g/mol. The first-order valence-electron chi connectivity index (χ1n) is 13.2. The minimum absolute atomic E-state index is 0.338. The molecule has 0 heterocycles. The summed E-state index contributed by atoms with van der Waals surface area (Å²) in [7, 11) is 0. The third-order valence-electron chi connectivity index (χ3n) is 6.97. The Labute approximate surface area is 200 Å². The van der Waals surface area contributed by atoms with Crippen molar-refractivity contribution in [3.63, 3.8) is 0 Å². The molecule has 0 saturated heterocycles. The molecule has 1 aliphatic carbocycles. The molecule has 2 aromatic rings. The van der Waals surface area contributed by atoms with Crippen LogP contribution in [0.1, 0.15) is 100 Å². The van der Waals surface area contributed by atoms with E-state index in [-0.39, 0.29) is 5.97 Å². The van der Waals surface area contributed by atoms with Crippen molar-refractivity contribution in [3.8, 4) is 11.5 Å². The number of hydrogen-bond donors (Lipinski definition) is 0. The smallest absolute Gasteiger partial charge is 0.343 e. The summed E-state index contributed by atoms with van der Waals surface area (Å²) in [5.41, 5.74) is 1.80. The molecule has 0 amide bonds. The summed E-state index contributed by atoms with van der Waals surface area (Å²) in [6.45, 7) is 5.18. The number of unbranched alkanes of at least 4 members (excludes halogenated alkanes) is 2. The maximum Gasteiger partial charge on any atom is 0.343 e. The minimum Gasteiger partial charge on any atom is -0.494 e. The SMILES string of the molecule is CCCCC[C@H]1CC[C@H](CCCOc2ccc(C(=O)Oc3ccc(CCC)cc3)cc2)CC1. The largest absolute Gasteiger partial charge is 0.494 e. The van der Waals surface area contributed by atoms with Crippen LogP contribution in [0.5, 0.6) is 11.5 Å². The number of hydrogen-bond acceptors (Lipinski definition) is 3. The highest BCUT2D eigenvalue weighted by atomic mass is 16.5. The van der Waals surface area contributed by atoms with Crippen molar-refractivity contribution in [2.24, 2.45) is 11.8 Å². The fourth-order valence-electron chi connectivity index (χ4n) is 4.92. The predicted octanol–water partition coefficient (Wildman–Crippen LogP) is 8.40. The van der Waals surface area contributed by atoms with Crippen molar-refractivity contribution in [1.82, 2.24) is 0 Å². The monoisotopic (exact) mass is 450 g/mol. The van der Waals surface area contributed by atoms with Crippen molar-refractivity contribution in [1.29, 1.82) is 0 Å². The number of ether oxygens (including phenoxy) is 2. The molecule has 0 radical (unpaired) electrons. The van der Waals surface area contributed by atoms with Crippen molar-refractivity contribution >= 4 is 5.97 Å². The van der Waals surface area contributed by atoms with Crippen LogP contribution in [-0.4, -0.2) is 12.6 Å². The molecule has 3 rings (SSSR count). The number of benzene rings is 2. The second-order valence-electron chi connectivity index (χ2n) is 9.68. The topological polar surface area (TPSA) is 35.5 Å². The molecule has 0 N–H and O–H groups in total. The standard InChI is InChI=1S/C30H42O3/c1-3-5-6-9-25-11-13-26(14-12-25)10-7-23-32-28-21-17-27(18-22-28)30(31)33-29-19-15-24(8-4-2)16-20-29/h15-22,25-26H,3-14,23H2,1-2H3/t25-,26-. The van der Waals surface area contributed by atoms with Gasteiger partial charge in [0, 0.05) is 0 Å². The highest BCUT2D eigenvalue weighted by molar-refractivity contribution is 5.91. The van der Waals surface area contributed by atoms with Crippen molar-refractivity contribution in [3.05, 3.63) is 59.7 Å². The third kappa shape index (κ3) is 8.87. The quantitative estimate of drug-likeness (QED) is 0.175. The molecule has 1 fully saturated rings. The normalized spacial score (nSPS) is 18.1. The van der Waals surface area contributed by atoms with E-state index in [0.717, 1.165) is 43.5 Å². The van der Waals surface area contributed by atoms with Crippen LogP contribution in [0.4, 0.5) is 0 Å². The van der Waals surface area contributed by atoms with Gasteiger partial charge in [0.2, 0.25) is 0 Å². The highest BCUT2D eigenvalue weighted by Gasteiger charge is 2.20. The van der Waals surface area contributed by atoms with Crippen molar-refractivity contribution in [2.75, 3.05) is 6.61 Å². The average molecular weight is 451 g/mol. The van der Waals surface area contributed by atoms with Gasteiger partial charge in [0.25, 0.3) is 0 Å². The van der Waals surface area contributed by atoms with Crippen LogP contribution in [0.3, 0.4) is 0 Å². The molecule has 3 nitrogen and oxygen atoms in total. The zero-order valence-corrected chi connectivity index (χ0v) is 20.7. The van der Waals surface area contributed by atoms with Crippen LogP contribution in [0.15, 0.2) is 48.5 Å². The Hall–Kier alpha value is -2.29. The Morgan fingerprint density at radius 3 is 1.97 bits per heavy atom. The summed E-state index contributed by atoms with van der Waals surface area (Å²) in [4.78, 5) is 12.4. The lowest BCUT2D eigenvalue weighted by atomic mass is 9.78. The summed E-state index contributed by atoms with van der Waals surface area (Å²) in [5, 5.41) is 0. The van der Waals surface area contributed by atoms with Gasteiger partial charge in [0.15, 0.2) is 0 Å². The highest BCUT2D eigenvalue weighted by Crippen LogP contribution is 2.34. The summed E-state index contributed by atoms with van der Waals surface area (Å²) in [6, 6.07) is 15.0. The number of esters is 1. The van der Waals surface area contributed by atoms with E-state index < -0.39 is 0 Å². The van der Waals surface area contributed by atoms with Crippen LogP contribution in [0.2, 0.25) is 0 Å². The van der Waals surface area contributed by atoms with Gasteiger partial charge in [-0.25, -0.2) is 4.79 Å². The van der Waals surface area contributed by atoms with Crippen LogP contribution in [-0.2, 0) is 6.42 Å². The minimum atomic E-state index is -0.338. The van der Waals surface area contributed by atoms with E-state index in [4.69, 9.17) is 9.47 Å². The van der Waals surface area contributed by atoms with E-state index in [1.807, 2.05) is 36.4 Å². The molecule has 33 heavy (non-hydrogen) atoms. The second-order valence-corrected chi connectivity index (χ2v) is 9.68. The molecule has 0 spiro atoms. The summed E-state index contributed by atoms with van der Waals surface area (Å²) >= 11 is 0. The van der Waals surface area contributed by atoms with E-state index in [2.05, 4.69) is 13.8 Å². The van der Waals surface area contributed by atoms with E-state index in [1.54, 1.807) is 12.1 Å². The van der Waals surface area contributed by atoms with Gasteiger partial charge in [0.05, 0.1) is 12.2 Å². The Balaban J connectivity index is 1.32. The first-order chi connectivity index (χ1) is 16.2. The fourth-order valence-corrected chi connectivity index (χ4v) is 4.92. The van der Waals surface area contributed by atoms with E-state index in [0.29, 0.717) is 11.3 Å². The number of carbonyl (C=O) groups is 1. The zero-order valence-electron chi connectivity index (χ0n) is 20.7. The number of carbonyl (C=O) groups excluding carboxylic acids is 1. The van der Waals surface area contributed by atoms with Gasteiger partial charge < -0.3 is 9.47 Å². The Morgan fingerprint density at radius 2 is 1.36 bits per heavy atom. The Morgan fingerprint density at radius 1 is 0.758 bits per heavy atom. The van der Waals surface area contributed by atoms with E-state index >= 15 is 0 Å². The van der Waals surface area contributed by atoms with Crippen LogP contribution < -0.4 is 9.47 Å². The van der Waals surface area contributed by atoms with Gasteiger partial charge >= 0.3 is 5.97 Å². The Kier molecular flexibility index (Phi) is 10.8. The number of aryl methyl sites for hydroxylation is 1. The van der Waals surface area contributed by atoms with Gasteiger partial charge in [-0.1, -0.05) is 83.8 Å². The van der Waals surface area contributed by atoms with Crippen LogP contribution >= 0.6 is 0 Å². The van der Waals surface area contributed by atoms with Crippen molar-refractivity contribution < 1.29 is 14.3 Å². The van der Waals surface area contributed by atoms with Gasteiger partial charge in [0.1, 0.15) is 11.5 Å². The molecule has 180 valence electrons. The van der Waals surface area contributed by atoms with Crippen LogP contribution in [0, 0.1) is 11.8 Å². The lowest BCUT2D eigenvalue weighted by Gasteiger charge is -2.28. The fraction of sp³-hybridized carbons (Fsp3) is 0.567. The third-order valence-corrected chi connectivity index (χ3v) is 6.97. The van der Waals surface area contributed by atoms with E-state index in [1.165, 1.54) is 63.4 Å². The molecule has 1 saturated carbocycles. The van der Waals surface area contributed by atoms with Gasteiger partial charge in [-0.2, -0.15) is 0 Å². The second kappa shape index (κ2) is 14.1. The molecule has 0 aliphatic heterocycles. The molecule has 1 aliphatic rings. The maximum atomic E-state index is 12.4. The summed E-state index contributed by atoms with van der Waals surface area (Å²) in [6.07, 6.45) is 15.7. The molecule has 0 atom stereocenters. The lowest BCUT2D eigenvalue weighted by molar-refractivity contribution is 0.0734. The Bertz CT molecular complexity index is 801. The zero-order chi connectivity index (χ0) is 23.3. The molecule has 3 heteroatoms. The van der Waals surface area contributed by atoms with Crippen LogP contribution in [0.25, 0.3) is 0 Å². The maximum absolute atomic E-state index is 12.4. The molecule has 0 bridgehead atoms. The molecular formula is C30H42O3. The average Bonchev–Trinajstić information content (AvgIpc) is 2.85. The summed E-state index contributed by atoms with van der Waals surface area (Å²) in [5.74, 6) is 2.92. The van der Waals surface area contributed by atoms with Gasteiger partial charge in [-0.3, -0.25) is 0 Å². The van der Waals surface area contributed by atoms with Gasteiger partial charge in [-0.15, -0.1) is 0 Å². The van der Waals surface area contributed by atoms with Crippen molar-refractivity contribution in [2.45, 2.75) is 90.9 Å². The number of rotatable bonds is 13. The summed E-state index contributed by atoms with van der Waals surface area (Å²) < 4.78 is 11.4. The molecule has 0 unspecified atom stereocenters.